The molecule has 1 aromatic heterocycles. The summed E-state index contributed by atoms with van der Waals surface area (Å²) in [5.74, 6) is -0.0899. The molecule has 2 heterocycles. The number of rotatable bonds is 6. The number of carbonyl (C=O) groups excluding carboxylic acids is 1. The van der Waals surface area contributed by atoms with Crippen molar-refractivity contribution >= 4 is 34.0 Å². The van der Waals surface area contributed by atoms with E-state index in [0.29, 0.717) is 22.2 Å². The lowest BCUT2D eigenvalue weighted by atomic mass is 9.93. The molecule has 0 bridgehead atoms. The zero-order valence-corrected chi connectivity index (χ0v) is 18.6. The van der Waals surface area contributed by atoms with Crippen LogP contribution in [-0.2, 0) is 17.8 Å². The highest BCUT2D eigenvalue weighted by molar-refractivity contribution is 6.30. The summed E-state index contributed by atoms with van der Waals surface area (Å²) in [4.78, 5) is 15.2. The summed E-state index contributed by atoms with van der Waals surface area (Å²) >= 11 is 6.06. The van der Waals surface area contributed by atoms with Gasteiger partial charge in [0.15, 0.2) is 0 Å². The van der Waals surface area contributed by atoms with Crippen molar-refractivity contribution in [1.29, 1.82) is 0 Å². The molecular weight excluding hydrogens is 439 g/mol. The van der Waals surface area contributed by atoms with Gasteiger partial charge in [-0.2, -0.15) is 10.2 Å². The van der Waals surface area contributed by atoms with Crippen molar-refractivity contribution in [2.24, 2.45) is 0 Å². The number of hydrogen-bond donors (Lipinski definition) is 1. The van der Waals surface area contributed by atoms with Gasteiger partial charge in [-0.3, -0.25) is 4.79 Å². The van der Waals surface area contributed by atoms with Gasteiger partial charge in [-0.1, -0.05) is 48.0 Å². The number of benzene rings is 3. The zero-order chi connectivity index (χ0) is 22.8. The number of nitrogens with one attached hydrogen (secondary N) is 1. The van der Waals surface area contributed by atoms with Crippen molar-refractivity contribution < 1.29 is 9.18 Å². The van der Waals surface area contributed by atoms with Crippen molar-refractivity contribution in [1.82, 2.24) is 15.5 Å². The number of anilines is 1. The quantitative estimate of drug-likeness (QED) is 0.445. The molecule has 0 spiro atoms. The Morgan fingerprint density at radius 3 is 2.61 bits per heavy atom. The Hall–Kier alpha value is -3.35. The van der Waals surface area contributed by atoms with E-state index in [1.165, 1.54) is 17.7 Å². The van der Waals surface area contributed by atoms with Gasteiger partial charge in [0.2, 0.25) is 5.91 Å². The minimum absolute atomic E-state index is 0.0751. The Balaban J connectivity index is 1.47. The third kappa shape index (κ3) is 4.72. The summed E-state index contributed by atoms with van der Waals surface area (Å²) in [5, 5.41) is 13.7. The molecule has 1 aliphatic heterocycles. The first kappa shape index (κ1) is 21.5. The maximum Gasteiger partial charge on any atom is 0.233 e. The average molecular weight is 461 g/mol. The van der Waals surface area contributed by atoms with Crippen LogP contribution in [0.1, 0.15) is 22.7 Å². The van der Waals surface area contributed by atoms with Crippen LogP contribution >= 0.6 is 11.6 Å². The number of carbonyl (C=O) groups is 1. The van der Waals surface area contributed by atoms with Crippen molar-refractivity contribution in [3.05, 3.63) is 101 Å². The summed E-state index contributed by atoms with van der Waals surface area (Å²) in [6.07, 6.45) is 1.76. The van der Waals surface area contributed by atoms with Crippen molar-refractivity contribution in [2.75, 3.05) is 18.0 Å². The molecule has 5 rings (SSSR count). The van der Waals surface area contributed by atoms with Crippen LogP contribution in [0.25, 0.3) is 10.8 Å². The third-order valence-electron chi connectivity index (χ3n) is 5.99. The Morgan fingerprint density at radius 2 is 1.88 bits per heavy atom. The lowest BCUT2D eigenvalue weighted by Crippen LogP contribution is -2.39. The second-order valence-corrected chi connectivity index (χ2v) is 8.70. The van der Waals surface area contributed by atoms with Crippen molar-refractivity contribution in [3.8, 4) is 0 Å². The third-order valence-corrected chi connectivity index (χ3v) is 6.21. The van der Waals surface area contributed by atoms with Crippen LogP contribution in [0, 0.1) is 5.82 Å². The molecule has 1 N–H and O–H groups in total. The number of hydrogen-bond acceptors (Lipinski definition) is 4. The molecule has 0 saturated carbocycles. The van der Waals surface area contributed by atoms with Crippen molar-refractivity contribution in [3.63, 3.8) is 0 Å². The van der Waals surface area contributed by atoms with Crippen LogP contribution in [0.5, 0.6) is 0 Å². The van der Waals surface area contributed by atoms with Crippen LogP contribution in [-0.4, -0.2) is 29.2 Å². The predicted octanol–water partition coefficient (Wildman–Crippen LogP) is 4.89. The van der Waals surface area contributed by atoms with E-state index in [1.54, 1.807) is 17.2 Å². The van der Waals surface area contributed by atoms with Gasteiger partial charge < -0.3 is 10.2 Å². The fraction of sp³-hybridized carbons (Fsp3) is 0.192. The minimum atomic E-state index is -0.433. The average Bonchev–Trinajstić information content (AvgIpc) is 2.76. The summed E-state index contributed by atoms with van der Waals surface area (Å²) in [6, 6.07) is 20.0. The molecule has 4 aromatic rings. The van der Waals surface area contributed by atoms with Gasteiger partial charge in [0, 0.05) is 40.5 Å². The monoisotopic (exact) mass is 460 g/mol. The van der Waals surface area contributed by atoms with E-state index in [0.717, 1.165) is 29.5 Å². The fourth-order valence-corrected chi connectivity index (χ4v) is 4.36. The van der Waals surface area contributed by atoms with Gasteiger partial charge in [-0.15, -0.1) is 0 Å². The van der Waals surface area contributed by atoms with Crippen LogP contribution in [0.4, 0.5) is 10.1 Å². The first-order valence-electron chi connectivity index (χ1n) is 10.8. The number of amides is 1. The molecular formula is C26H22ClFN4O. The number of halogens is 2. The topological polar surface area (TPSA) is 58.1 Å². The minimum Gasteiger partial charge on any atom is -0.315 e. The largest absolute Gasteiger partial charge is 0.315 e. The van der Waals surface area contributed by atoms with E-state index >= 15 is 0 Å². The van der Waals surface area contributed by atoms with Gasteiger partial charge in [0.1, 0.15) is 5.82 Å². The lowest BCUT2D eigenvalue weighted by Gasteiger charge is -2.28. The normalized spacial score (nSPS) is 13.6. The molecule has 3 aromatic carbocycles. The van der Waals surface area contributed by atoms with E-state index in [1.807, 2.05) is 36.4 Å². The van der Waals surface area contributed by atoms with Gasteiger partial charge in [-0.25, -0.2) is 4.39 Å². The Morgan fingerprint density at radius 1 is 1.09 bits per heavy atom. The number of fused-ring (bicyclic) bond motifs is 1. The molecule has 0 radical (unpaired) electrons. The van der Waals surface area contributed by atoms with Gasteiger partial charge in [0.05, 0.1) is 24.9 Å². The molecule has 1 aliphatic rings. The highest BCUT2D eigenvalue weighted by atomic mass is 35.5. The maximum atomic E-state index is 14.0. The van der Waals surface area contributed by atoms with Crippen molar-refractivity contribution in [2.45, 2.75) is 18.9 Å². The zero-order valence-electron chi connectivity index (χ0n) is 17.8. The summed E-state index contributed by atoms with van der Waals surface area (Å²) in [5.41, 5.74) is 3.20. The molecule has 166 valence electrons. The van der Waals surface area contributed by atoms with E-state index < -0.39 is 5.82 Å². The predicted molar refractivity (Wildman–Crippen MR) is 128 cm³/mol. The maximum absolute atomic E-state index is 14.0. The second kappa shape index (κ2) is 9.25. The molecule has 7 heteroatoms. The van der Waals surface area contributed by atoms with E-state index in [9.17, 15) is 9.18 Å². The molecule has 5 nitrogen and oxygen atoms in total. The molecule has 0 unspecified atom stereocenters. The fourth-order valence-electron chi connectivity index (χ4n) is 4.12. The van der Waals surface area contributed by atoms with Crippen LogP contribution in [0.2, 0.25) is 5.02 Å². The first-order valence-corrected chi connectivity index (χ1v) is 11.2. The second-order valence-electron chi connectivity index (χ2n) is 8.26. The van der Waals surface area contributed by atoms with E-state index in [-0.39, 0.29) is 18.9 Å². The Bertz CT molecular complexity index is 1280. The molecule has 1 amide bonds. The molecule has 0 aliphatic carbocycles. The smallest absolute Gasteiger partial charge is 0.233 e. The highest BCUT2D eigenvalue weighted by Gasteiger charge is 2.22. The molecule has 33 heavy (non-hydrogen) atoms. The van der Waals surface area contributed by atoms with Crippen LogP contribution in [0.3, 0.4) is 0 Å². The Kier molecular flexibility index (Phi) is 6.03. The van der Waals surface area contributed by atoms with Gasteiger partial charge in [-0.05, 0) is 41.5 Å². The SMILES string of the molecule is O=C(Cc1nncc2ccccc12)N(Cc1cc(F)cc(Cl)c1)c1ccc(C2CNC2)cc1. The van der Waals surface area contributed by atoms with Gasteiger partial charge >= 0.3 is 0 Å². The first-order chi connectivity index (χ1) is 16.1. The number of aromatic nitrogens is 2. The molecule has 1 fully saturated rings. The van der Waals surface area contributed by atoms with Crippen LogP contribution < -0.4 is 10.2 Å². The summed E-state index contributed by atoms with van der Waals surface area (Å²) in [6.45, 7) is 2.12. The van der Waals surface area contributed by atoms with E-state index in [4.69, 9.17) is 11.6 Å². The number of nitrogens with zero attached hydrogens (tertiary/aromatic N) is 3. The summed E-state index contributed by atoms with van der Waals surface area (Å²) in [7, 11) is 0. The lowest BCUT2D eigenvalue weighted by molar-refractivity contribution is -0.118. The van der Waals surface area contributed by atoms with Crippen LogP contribution in [0.15, 0.2) is 72.9 Å². The van der Waals surface area contributed by atoms with E-state index in [2.05, 4.69) is 27.6 Å². The molecule has 0 atom stereocenters. The standard InChI is InChI=1S/C26H22ClFN4O/c27-21-9-17(10-22(28)11-21)16-32(23-7-5-18(6-8-23)20-13-29-14-20)26(33)12-25-24-4-2-1-3-19(24)15-30-31-25/h1-11,15,20,29H,12-14,16H2. The Labute approximate surface area is 196 Å². The molecule has 1 saturated heterocycles. The highest BCUT2D eigenvalue weighted by Crippen LogP contribution is 2.26. The summed E-state index contributed by atoms with van der Waals surface area (Å²) < 4.78 is 14.0. The van der Waals surface area contributed by atoms with Gasteiger partial charge in [0.25, 0.3) is 0 Å².